The van der Waals surface area contributed by atoms with Crippen LogP contribution in [0.2, 0.25) is 0 Å². The second-order valence-corrected chi connectivity index (χ2v) is 9.33. The molecule has 1 amide bonds. The first-order chi connectivity index (χ1) is 13.9. The molecule has 1 aliphatic rings. The first-order valence-electron chi connectivity index (χ1n) is 9.63. The molecule has 1 N–H and O–H groups in total. The molecule has 7 nitrogen and oxygen atoms in total. The lowest BCUT2D eigenvalue weighted by atomic mass is 10.1. The van der Waals surface area contributed by atoms with Crippen molar-refractivity contribution in [2.75, 3.05) is 17.6 Å². The molecular formula is C20H26N4O3S2. The Balaban J connectivity index is 1.61. The van der Waals surface area contributed by atoms with E-state index in [4.69, 9.17) is 0 Å². The predicted molar refractivity (Wildman–Crippen MR) is 120 cm³/mol. The van der Waals surface area contributed by atoms with E-state index in [9.17, 15) is 14.4 Å². The Morgan fingerprint density at radius 1 is 1.21 bits per heavy atom. The number of benzene rings is 1. The molecule has 1 aliphatic heterocycles. The fourth-order valence-electron chi connectivity index (χ4n) is 3.34. The number of hydrogen-bond donors (Lipinski definition) is 1. The van der Waals surface area contributed by atoms with Crippen molar-refractivity contribution in [1.82, 2.24) is 13.7 Å². The number of rotatable bonds is 5. The topological polar surface area (TPSA) is 76.3 Å². The number of para-hydroxylation sites is 1. The van der Waals surface area contributed by atoms with Crippen molar-refractivity contribution in [3.8, 4) is 5.69 Å². The third-order valence-corrected chi connectivity index (χ3v) is 7.22. The first-order valence-corrected chi connectivity index (χ1v) is 11.4. The molecule has 3 rings (SSSR count). The van der Waals surface area contributed by atoms with Crippen molar-refractivity contribution in [3.63, 3.8) is 0 Å². The van der Waals surface area contributed by atoms with E-state index in [1.807, 2.05) is 30.3 Å². The van der Waals surface area contributed by atoms with Crippen LogP contribution in [-0.2, 0) is 11.8 Å². The molecule has 1 atom stereocenters. The molecular weight excluding hydrogens is 408 g/mol. The second-order valence-electron chi connectivity index (χ2n) is 7.10. The van der Waals surface area contributed by atoms with Gasteiger partial charge in [0.05, 0.1) is 17.1 Å². The minimum Gasteiger partial charge on any atom is -0.319 e. The maximum Gasteiger partial charge on any atom is 0.295 e. The van der Waals surface area contributed by atoms with Gasteiger partial charge < -0.3 is 5.32 Å². The maximum atomic E-state index is 12.8. The third-order valence-electron chi connectivity index (χ3n) is 5.07. The van der Waals surface area contributed by atoms with Crippen LogP contribution in [0.1, 0.15) is 31.9 Å². The van der Waals surface area contributed by atoms with Gasteiger partial charge in [0, 0.05) is 31.6 Å². The molecule has 1 aromatic heterocycles. The van der Waals surface area contributed by atoms with E-state index in [1.54, 1.807) is 18.7 Å². The van der Waals surface area contributed by atoms with Crippen LogP contribution in [0.25, 0.3) is 5.69 Å². The lowest BCUT2D eigenvalue weighted by molar-refractivity contribution is -0.113. The molecule has 0 spiro atoms. The van der Waals surface area contributed by atoms with Crippen LogP contribution >= 0.6 is 23.7 Å². The molecule has 156 valence electrons. The standard InChI is InChI=1S/C20H26N4O3S2/c1-14-9-7-8-12-23(14)29-20(27)28-13-17(25)21-18-15(2)22(3)24(19(18)26)16-10-5-4-6-11-16/h4-6,10-11,14H,7-9,12-13H2,1-3H3,(H,21,25). The van der Waals surface area contributed by atoms with Crippen LogP contribution in [0.15, 0.2) is 35.1 Å². The maximum absolute atomic E-state index is 12.8. The normalized spacial score (nSPS) is 17.3. The molecule has 9 heteroatoms. The SMILES string of the molecule is Cc1c(NC(=O)CSC(=O)SN2CCCCC2C)c(=O)n(-c2ccccc2)n1C. The highest BCUT2D eigenvalue weighted by Crippen LogP contribution is 2.28. The fourth-order valence-corrected chi connectivity index (χ4v) is 5.03. The number of piperidine rings is 1. The van der Waals surface area contributed by atoms with Gasteiger partial charge in [-0.15, -0.1) is 0 Å². The zero-order valence-corrected chi connectivity index (χ0v) is 18.5. The molecule has 0 bridgehead atoms. The average molecular weight is 435 g/mol. The summed E-state index contributed by atoms with van der Waals surface area (Å²) in [6, 6.07) is 9.62. The summed E-state index contributed by atoms with van der Waals surface area (Å²) in [6.45, 7) is 4.79. The highest BCUT2D eigenvalue weighted by molar-refractivity contribution is 8.37. The summed E-state index contributed by atoms with van der Waals surface area (Å²) >= 11 is 2.17. The smallest absolute Gasteiger partial charge is 0.295 e. The van der Waals surface area contributed by atoms with Gasteiger partial charge in [0.25, 0.3) is 10.0 Å². The molecule has 0 saturated carbocycles. The van der Waals surface area contributed by atoms with E-state index >= 15 is 0 Å². The van der Waals surface area contributed by atoms with Crippen molar-refractivity contribution < 1.29 is 9.59 Å². The number of amides is 1. The Bertz CT molecular complexity index is 939. The third kappa shape index (κ3) is 5.15. The van der Waals surface area contributed by atoms with Gasteiger partial charge in [-0.2, -0.15) is 0 Å². The number of aromatic nitrogens is 2. The average Bonchev–Trinajstić information content (AvgIpc) is 2.92. The summed E-state index contributed by atoms with van der Waals surface area (Å²) in [5.74, 6) is -0.380. The lowest BCUT2D eigenvalue weighted by Gasteiger charge is -2.30. The van der Waals surface area contributed by atoms with Crippen molar-refractivity contribution in [1.29, 1.82) is 0 Å². The zero-order chi connectivity index (χ0) is 21.0. The van der Waals surface area contributed by atoms with Crippen LogP contribution in [0.5, 0.6) is 0 Å². The van der Waals surface area contributed by atoms with E-state index in [-0.39, 0.29) is 27.4 Å². The van der Waals surface area contributed by atoms with Gasteiger partial charge in [-0.25, -0.2) is 8.99 Å². The van der Waals surface area contributed by atoms with Crippen molar-refractivity contribution in [3.05, 3.63) is 46.4 Å². The van der Waals surface area contributed by atoms with Crippen LogP contribution in [-0.4, -0.2) is 42.4 Å². The van der Waals surface area contributed by atoms with Crippen molar-refractivity contribution in [2.45, 2.75) is 39.2 Å². The summed E-state index contributed by atoms with van der Waals surface area (Å²) in [5, 5.41) is 2.69. The van der Waals surface area contributed by atoms with E-state index in [0.29, 0.717) is 11.7 Å². The van der Waals surface area contributed by atoms with Gasteiger partial charge in [-0.1, -0.05) is 36.4 Å². The van der Waals surface area contributed by atoms with Crippen molar-refractivity contribution in [2.24, 2.45) is 7.05 Å². The van der Waals surface area contributed by atoms with Crippen molar-refractivity contribution >= 4 is 39.8 Å². The summed E-state index contributed by atoms with van der Waals surface area (Å²) in [4.78, 5) is 37.4. The molecule has 2 aromatic rings. The van der Waals surface area contributed by atoms with Gasteiger partial charge >= 0.3 is 0 Å². The molecule has 0 aliphatic carbocycles. The summed E-state index contributed by atoms with van der Waals surface area (Å²) < 4.78 is 5.22. The van der Waals surface area contributed by atoms with Crippen LogP contribution in [0.4, 0.5) is 10.5 Å². The summed E-state index contributed by atoms with van der Waals surface area (Å²) in [7, 11) is 1.77. The number of nitrogens with one attached hydrogen (secondary N) is 1. The minimum absolute atomic E-state index is 0.0207. The highest BCUT2D eigenvalue weighted by atomic mass is 32.2. The Morgan fingerprint density at radius 3 is 2.62 bits per heavy atom. The molecule has 1 fully saturated rings. The molecule has 0 radical (unpaired) electrons. The van der Waals surface area contributed by atoms with Crippen LogP contribution in [0.3, 0.4) is 0 Å². The van der Waals surface area contributed by atoms with E-state index in [2.05, 4.69) is 16.5 Å². The number of carbonyl (C=O) groups is 2. The van der Waals surface area contributed by atoms with Gasteiger partial charge in [-0.3, -0.25) is 19.1 Å². The van der Waals surface area contributed by atoms with Gasteiger partial charge in [0.15, 0.2) is 0 Å². The summed E-state index contributed by atoms with van der Waals surface area (Å²) in [6.07, 6.45) is 3.38. The fraction of sp³-hybridized carbons (Fsp3) is 0.450. The Kier molecular flexibility index (Phi) is 7.26. The van der Waals surface area contributed by atoms with E-state index in [1.165, 1.54) is 23.1 Å². The predicted octanol–water partition coefficient (Wildman–Crippen LogP) is 3.80. The zero-order valence-electron chi connectivity index (χ0n) is 16.9. The second kappa shape index (κ2) is 9.69. The number of carbonyl (C=O) groups excluding carboxylic acids is 2. The molecule has 1 unspecified atom stereocenters. The lowest BCUT2D eigenvalue weighted by Crippen LogP contribution is -2.32. The Morgan fingerprint density at radius 2 is 1.93 bits per heavy atom. The molecule has 29 heavy (non-hydrogen) atoms. The largest absolute Gasteiger partial charge is 0.319 e. The van der Waals surface area contributed by atoms with Gasteiger partial charge in [-0.05, 0) is 38.8 Å². The summed E-state index contributed by atoms with van der Waals surface area (Å²) in [5.41, 5.74) is 1.32. The first kappa shape index (κ1) is 21.7. The minimum atomic E-state index is -0.360. The quantitative estimate of drug-likeness (QED) is 0.722. The molecule has 1 aromatic carbocycles. The number of thioether (sulfide) groups is 1. The molecule has 2 heterocycles. The molecule has 1 saturated heterocycles. The number of nitrogens with zero attached hydrogens (tertiary/aromatic N) is 3. The number of hydrogen-bond acceptors (Lipinski definition) is 6. The van der Waals surface area contributed by atoms with E-state index < -0.39 is 0 Å². The van der Waals surface area contributed by atoms with E-state index in [0.717, 1.165) is 36.8 Å². The monoisotopic (exact) mass is 434 g/mol. The highest BCUT2D eigenvalue weighted by Gasteiger charge is 2.23. The van der Waals surface area contributed by atoms with Crippen LogP contribution in [0, 0.1) is 6.92 Å². The van der Waals surface area contributed by atoms with Gasteiger partial charge in [0.1, 0.15) is 5.69 Å². The Labute approximate surface area is 178 Å². The van der Waals surface area contributed by atoms with Gasteiger partial charge in [0.2, 0.25) is 5.91 Å². The van der Waals surface area contributed by atoms with Crippen LogP contribution < -0.4 is 10.9 Å². The Hall–Kier alpha value is -1.97. The number of anilines is 1.